The van der Waals surface area contributed by atoms with Crippen LogP contribution in [0.3, 0.4) is 0 Å². The molecule has 3 aromatic rings. The lowest BCUT2D eigenvalue weighted by Gasteiger charge is -2.09. The van der Waals surface area contributed by atoms with Gasteiger partial charge in [-0.15, -0.1) is 5.10 Å². The van der Waals surface area contributed by atoms with Gasteiger partial charge < -0.3 is 5.11 Å². The molecule has 1 aromatic heterocycles. The largest absolute Gasteiger partial charge is 0.507 e. The van der Waals surface area contributed by atoms with Crippen molar-refractivity contribution in [3.05, 3.63) is 52.5 Å². The highest BCUT2D eigenvalue weighted by atomic mass is 35.5. The van der Waals surface area contributed by atoms with Gasteiger partial charge in [0.1, 0.15) is 11.4 Å². The van der Waals surface area contributed by atoms with Crippen molar-refractivity contribution < 1.29 is 5.11 Å². The molecule has 0 fully saturated rings. The number of nitrogens with zero attached hydrogens (tertiary/aromatic N) is 2. The molecular weight excluding hydrogens is 298 g/mol. The zero-order chi connectivity index (χ0) is 15.7. The van der Waals surface area contributed by atoms with Gasteiger partial charge in [0.05, 0.1) is 5.69 Å². The maximum Gasteiger partial charge on any atom is 0.125 e. The summed E-state index contributed by atoms with van der Waals surface area (Å²) in [7, 11) is 0. The standard InChI is InChI=1S/C17H16ClN3O/c1-3-11-9-14(15(22)8-10(11)2)17-16(19-21-20-17)12-4-6-13(18)7-5-12/h4-9,22H,3H2,1-2H3,(H,19,20,21). The number of aromatic nitrogens is 3. The fourth-order valence-electron chi connectivity index (χ4n) is 2.54. The number of rotatable bonds is 3. The van der Waals surface area contributed by atoms with Crippen LogP contribution in [0, 0.1) is 6.92 Å². The lowest BCUT2D eigenvalue weighted by molar-refractivity contribution is 0.476. The number of halogens is 1. The summed E-state index contributed by atoms with van der Waals surface area (Å²) < 4.78 is 0. The Morgan fingerprint density at radius 2 is 1.91 bits per heavy atom. The van der Waals surface area contributed by atoms with Crippen molar-refractivity contribution in [1.29, 1.82) is 0 Å². The first-order valence-corrected chi connectivity index (χ1v) is 7.47. The van der Waals surface area contributed by atoms with Gasteiger partial charge in [0, 0.05) is 16.1 Å². The SMILES string of the molecule is CCc1cc(-c2nn[nH]c2-c2ccc(Cl)cc2)c(O)cc1C. The number of benzene rings is 2. The molecule has 112 valence electrons. The van der Waals surface area contributed by atoms with Gasteiger partial charge in [0.15, 0.2) is 0 Å². The number of aromatic amines is 1. The van der Waals surface area contributed by atoms with E-state index in [0.717, 1.165) is 23.2 Å². The van der Waals surface area contributed by atoms with Crippen molar-refractivity contribution in [2.24, 2.45) is 0 Å². The van der Waals surface area contributed by atoms with Gasteiger partial charge in [-0.05, 0) is 48.7 Å². The quantitative estimate of drug-likeness (QED) is 0.754. The minimum atomic E-state index is 0.207. The van der Waals surface area contributed by atoms with E-state index in [4.69, 9.17) is 11.6 Å². The molecule has 0 aliphatic carbocycles. The number of H-pyrrole nitrogens is 1. The molecule has 0 spiro atoms. The highest BCUT2D eigenvalue weighted by Crippen LogP contribution is 2.36. The monoisotopic (exact) mass is 313 g/mol. The van der Waals surface area contributed by atoms with Gasteiger partial charge in [-0.3, -0.25) is 5.10 Å². The molecule has 0 saturated carbocycles. The molecule has 22 heavy (non-hydrogen) atoms. The Morgan fingerprint density at radius 3 is 2.59 bits per heavy atom. The molecule has 0 aliphatic heterocycles. The van der Waals surface area contributed by atoms with Crippen LogP contribution in [0.5, 0.6) is 5.75 Å². The van der Waals surface area contributed by atoms with Crippen LogP contribution < -0.4 is 0 Å². The third-order valence-corrected chi connectivity index (χ3v) is 4.02. The van der Waals surface area contributed by atoms with E-state index in [1.807, 2.05) is 37.3 Å². The highest BCUT2D eigenvalue weighted by Gasteiger charge is 2.16. The van der Waals surface area contributed by atoms with Crippen molar-refractivity contribution in [3.8, 4) is 28.3 Å². The third kappa shape index (κ3) is 2.57. The molecule has 0 bridgehead atoms. The van der Waals surface area contributed by atoms with Gasteiger partial charge in [-0.2, -0.15) is 0 Å². The number of hydrogen-bond donors (Lipinski definition) is 2. The fraction of sp³-hybridized carbons (Fsp3) is 0.176. The molecule has 1 heterocycles. The molecule has 0 amide bonds. The van der Waals surface area contributed by atoms with E-state index >= 15 is 0 Å². The summed E-state index contributed by atoms with van der Waals surface area (Å²) >= 11 is 5.93. The van der Waals surface area contributed by atoms with E-state index < -0.39 is 0 Å². The van der Waals surface area contributed by atoms with E-state index in [1.54, 1.807) is 6.07 Å². The second kappa shape index (κ2) is 5.81. The predicted molar refractivity (Wildman–Crippen MR) is 88.0 cm³/mol. The Bertz CT molecular complexity index is 809. The number of aryl methyl sites for hydroxylation is 2. The molecule has 0 aliphatic rings. The van der Waals surface area contributed by atoms with Gasteiger partial charge >= 0.3 is 0 Å². The molecule has 4 nitrogen and oxygen atoms in total. The van der Waals surface area contributed by atoms with Crippen LogP contribution in [0.15, 0.2) is 36.4 Å². The van der Waals surface area contributed by atoms with Crippen LogP contribution in [-0.4, -0.2) is 20.5 Å². The zero-order valence-corrected chi connectivity index (χ0v) is 13.1. The number of hydrogen-bond acceptors (Lipinski definition) is 3. The smallest absolute Gasteiger partial charge is 0.125 e. The summed E-state index contributed by atoms with van der Waals surface area (Å²) in [6, 6.07) is 11.2. The lowest BCUT2D eigenvalue weighted by Crippen LogP contribution is -1.91. The topological polar surface area (TPSA) is 61.8 Å². The van der Waals surface area contributed by atoms with Crippen LogP contribution in [0.4, 0.5) is 0 Å². The molecule has 0 unspecified atom stereocenters. The first-order valence-electron chi connectivity index (χ1n) is 7.10. The minimum Gasteiger partial charge on any atom is -0.507 e. The van der Waals surface area contributed by atoms with Crippen LogP contribution in [0.25, 0.3) is 22.5 Å². The molecule has 0 atom stereocenters. The van der Waals surface area contributed by atoms with Crippen LogP contribution in [0.2, 0.25) is 5.02 Å². The van der Waals surface area contributed by atoms with Crippen molar-refractivity contribution in [2.45, 2.75) is 20.3 Å². The van der Waals surface area contributed by atoms with E-state index in [9.17, 15) is 5.11 Å². The predicted octanol–water partition coefficient (Wildman–Crippen LogP) is 4.37. The molecular formula is C17H16ClN3O. The average molecular weight is 314 g/mol. The van der Waals surface area contributed by atoms with E-state index in [1.165, 1.54) is 5.56 Å². The first-order chi connectivity index (χ1) is 10.6. The van der Waals surface area contributed by atoms with Crippen molar-refractivity contribution >= 4 is 11.6 Å². The molecule has 2 aromatic carbocycles. The second-order valence-electron chi connectivity index (χ2n) is 5.19. The van der Waals surface area contributed by atoms with Crippen molar-refractivity contribution in [3.63, 3.8) is 0 Å². The van der Waals surface area contributed by atoms with Gasteiger partial charge in [-0.25, -0.2) is 0 Å². The second-order valence-corrected chi connectivity index (χ2v) is 5.63. The minimum absolute atomic E-state index is 0.207. The van der Waals surface area contributed by atoms with Crippen LogP contribution >= 0.6 is 11.6 Å². The van der Waals surface area contributed by atoms with E-state index in [-0.39, 0.29) is 5.75 Å². The average Bonchev–Trinajstić information content (AvgIpc) is 2.97. The van der Waals surface area contributed by atoms with Crippen molar-refractivity contribution in [1.82, 2.24) is 15.4 Å². The fourth-order valence-corrected chi connectivity index (χ4v) is 2.67. The number of aromatic hydroxyl groups is 1. The number of phenolic OH excluding ortho intramolecular Hbond substituents is 1. The number of phenols is 1. The normalized spacial score (nSPS) is 10.9. The molecule has 5 heteroatoms. The summed E-state index contributed by atoms with van der Waals surface area (Å²) in [6.45, 7) is 4.08. The molecule has 2 N–H and O–H groups in total. The summed E-state index contributed by atoms with van der Waals surface area (Å²) in [5, 5.41) is 21.9. The molecule has 0 saturated heterocycles. The van der Waals surface area contributed by atoms with Gasteiger partial charge in [0.25, 0.3) is 0 Å². The summed E-state index contributed by atoms with van der Waals surface area (Å²) in [5.41, 5.74) is 5.24. The van der Waals surface area contributed by atoms with Gasteiger partial charge in [0.2, 0.25) is 0 Å². The summed E-state index contributed by atoms with van der Waals surface area (Å²) in [6.07, 6.45) is 0.896. The van der Waals surface area contributed by atoms with Crippen LogP contribution in [-0.2, 0) is 6.42 Å². The van der Waals surface area contributed by atoms with E-state index in [2.05, 4.69) is 22.3 Å². The molecule has 0 radical (unpaired) electrons. The Labute approximate surface area is 133 Å². The Hall–Kier alpha value is -2.33. The maximum atomic E-state index is 10.3. The lowest BCUT2D eigenvalue weighted by atomic mass is 9.98. The Morgan fingerprint density at radius 1 is 1.18 bits per heavy atom. The first kappa shape index (κ1) is 14.6. The maximum absolute atomic E-state index is 10.3. The summed E-state index contributed by atoms with van der Waals surface area (Å²) in [5.74, 6) is 0.207. The summed E-state index contributed by atoms with van der Waals surface area (Å²) in [4.78, 5) is 0. The van der Waals surface area contributed by atoms with Crippen molar-refractivity contribution in [2.75, 3.05) is 0 Å². The highest BCUT2D eigenvalue weighted by molar-refractivity contribution is 6.30. The van der Waals surface area contributed by atoms with Gasteiger partial charge in [-0.1, -0.05) is 35.9 Å². The third-order valence-electron chi connectivity index (χ3n) is 3.77. The number of nitrogens with one attached hydrogen (secondary N) is 1. The zero-order valence-electron chi connectivity index (χ0n) is 12.4. The van der Waals surface area contributed by atoms with Crippen LogP contribution in [0.1, 0.15) is 18.1 Å². The molecule has 3 rings (SSSR count). The Kier molecular flexibility index (Phi) is 3.86. The van der Waals surface area contributed by atoms with E-state index in [0.29, 0.717) is 16.3 Å². The Balaban J connectivity index is 2.15.